The van der Waals surface area contributed by atoms with Gasteiger partial charge in [0.2, 0.25) is 10.0 Å². The second-order valence-electron chi connectivity index (χ2n) is 5.70. The predicted octanol–water partition coefficient (Wildman–Crippen LogP) is 2.73. The predicted molar refractivity (Wildman–Crippen MR) is 79.6 cm³/mol. The average Bonchev–Trinajstić information content (AvgIpc) is 2.37. The lowest BCUT2D eigenvalue weighted by molar-refractivity contribution is 0.281. The quantitative estimate of drug-likeness (QED) is 0.862. The number of rotatable bonds is 3. The molecule has 0 bridgehead atoms. The molecule has 0 aromatic heterocycles. The van der Waals surface area contributed by atoms with Crippen LogP contribution in [0.4, 0.5) is 0 Å². The Kier molecular flexibility index (Phi) is 4.39. The van der Waals surface area contributed by atoms with Gasteiger partial charge in [-0.1, -0.05) is 6.92 Å². The molecule has 0 radical (unpaired) electrons. The third kappa shape index (κ3) is 2.83. The molecule has 2 rings (SSSR count). The van der Waals surface area contributed by atoms with Crippen LogP contribution in [0.1, 0.15) is 30.9 Å². The third-order valence-electron chi connectivity index (χ3n) is 3.89. The van der Waals surface area contributed by atoms with E-state index in [0.29, 0.717) is 29.7 Å². The van der Waals surface area contributed by atoms with E-state index in [1.54, 1.807) is 23.5 Å². The second-order valence-corrected chi connectivity index (χ2v) is 7.58. The number of sulfonamides is 1. The van der Waals surface area contributed by atoms with Crippen molar-refractivity contribution in [2.24, 2.45) is 5.92 Å². The fourth-order valence-electron chi connectivity index (χ4n) is 2.93. The van der Waals surface area contributed by atoms with Crippen molar-refractivity contribution in [2.45, 2.75) is 38.5 Å². The highest BCUT2D eigenvalue weighted by Crippen LogP contribution is 2.30. The molecule has 4 nitrogen and oxygen atoms in total. The minimum Gasteiger partial charge on any atom is -0.497 e. The summed E-state index contributed by atoms with van der Waals surface area (Å²) in [5, 5.41) is 0. The lowest BCUT2D eigenvalue weighted by Crippen LogP contribution is -2.39. The van der Waals surface area contributed by atoms with Crippen LogP contribution in [0.3, 0.4) is 0 Å². The van der Waals surface area contributed by atoms with Crippen molar-refractivity contribution in [3.05, 3.63) is 23.3 Å². The molecule has 1 aromatic carbocycles. The van der Waals surface area contributed by atoms with Gasteiger partial charge in [0, 0.05) is 13.1 Å². The lowest BCUT2D eigenvalue weighted by atomic mass is 10.0. The van der Waals surface area contributed by atoms with Gasteiger partial charge in [-0.25, -0.2) is 8.42 Å². The number of benzene rings is 1. The Morgan fingerprint density at radius 3 is 2.35 bits per heavy atom. The highest BCUT2D eigenvalue weighted by Gasteiger charge is 2.31. The average molecular weight is 297 g/mol. The molecule has 0 saturated carbocycles. The molecule has 1 saturated heterocycles. The molecular weight excluding hydrogens is 274 g/mol. The van der Waals surface area contributed by atoms with E-state index in [1.807, 2.05) is 13.8 Å². The lowest BCUT2D eigenvalue weighted by Gasteiger charge is -2.31. The summed E-state index contributed by atoms with van der Waals surface area (Å²) in [7, 11) is -1.81. The van der Waals surface area contributed by atoms with Gasteiger partial charge in [-0.2, -0.15) is 4.31 Å². The summed E-state index contributed by atoms with van der Waals surface area (Å²) in [5.74, 6) is 1.13. The van der Waals surface area contributed by atoms with Gasteiger partial charge in [0.1, 0.15) is 5.75 Å². The van der Waals surface area contributed by atoms with E-state index >= 15 is 0 Å². The Bertz CT molecular complexity index is 572. The molecule has 1 heterocycles. The van der Waals surface area contributed by atoms with E-state index in [9.17, 15) is 8.42 Å². The number of ether oxygens (including phenoxy) is 1. The van der Waals surface area contributed by atoms with Crippen LogP contribution in [-0.2, 0) is 10.0 Å². The van der Waals surface area contributed by atoms with Gasteiger partial charge in [-0.05, 0) is 55.9 Å². The van der Waals surface area contributed by atoms with E-state index < -0.39 is 10.0 Å². The molecule has 0 amide bonds. The van der Waals surface area contributed by atoms with Crippen LogP contribution < -0.4 is 4.74 Å². The van der Waals surface area contributed by atoms with Gasteiger partial charge < -0.3 is 4.74 Å². The van der Waals surface area contributed by atoms with Gasteiger partial charge in [0.05, 0.1) is 12.0 Å². The topological polar surface area (TPSA) is 46.6 Å². The smallest absolute Gasteiger partial charge is 0.243 e. The van der Waals surface area contributed by atoms with Crippen molar-refractivity contribution < 1.29 is 13.2 Å². The maximum Gasteiger partial charge on any atom is 0.243 e. The van der Waals surface area contributed by atoms with Gasteiger partial charge in [0.25, 0.3) is 0 Å². The fourth-order valence-corrected chi connectivity index (χ4v) is 4.94. The van der Waals surface area contributed by atoms with E-state index in [2.05, 4.69) is 6.92 Å². The molecule has 1 fully saturated rings. The van der Waals surface area contributed by atoms with Gasteiger partial charge in [0.15, 0.2) is 0 Å². The molecule has 0 N–H and O–H groups in total. The Labute approximate surface area is 121 Å². The van der Waals surface area contributed by atoms with Crippen molar-refractivity contribution >= 4 is 10.0 Å². The van der Waals surface area contributed by atoms with Crippen molar-refractivity contribution in [1.82, 2.24) is 4.31 Å². The van der Waals surface area contributed by atoms with Crippen LogP contribution in [-0.4, -0.2) is 32.9 Å². The summed E-state index contributed by atoms with van der Waals surface area (Å²) in [6, 6.07) is 3.57. The Morgan fingerprint density at radius 2 is 1.85 bits per heavy atom. The molecular formula is C15H23NO3S. The molecule has 1 aliphatic heterocycles. The molecule has 1 aromatic rings. The largest absolute Gasteiger partial charge is 0.497 e. The van der Waals surface area contributed by atoms with Crippen molar-refractivity contribution in [2.75, 3.05) is 20.2 Å². The Hall–Kier alpha value is -1.07. The Morgan fingerprint density at radius 1 is 1.25 bits per heavy atom. The standard InChI is InChI=1S/C15H23NO3S/c1-11-6-5-7-16(10-11)20(17,18)15-12(2)8-14(19-4)9-13(15)3/h8-9,11H,5-7,10H2,1-4H3/t11-/m0/s1. The number of aryl methyl sites for hydroxylation is 2. The van der Waals surface area contributed by atoms with Crippen LogP contribution in [0, 0.1) is 19.8 Å². The summed E-state index contributed by atoms with van der Waals surface area (Å²) in [4.78, 5) is 0.437. The molecule has 0 aliphatic carbocycles. The van der Waals surface area contributed by atoms with Crippen LogP contribution in [0.25, 0.3) is 0 Å². The first-order valence-corrected chi connectivity index (χ1v) is 8.45. The van der Waals surface area contributed by atoms with E-state index in [1.165, 1.54) is 0 Å². The fraction of sp³-hybridized carbons (Fsp3) is 0.600. The highest BCUT2D eigenvalue weighted by atomic mass is 32.2. The van der Waals surface area contributed by atoms with Gasteiger partial charge in [-0.3, -0.25) is 0 Å². The molecule has 20 heavy (non-hydrogen) atoms. The monoisotopic (exact) mass is 297 g/mol. The Balaban J connectivity index is 2.44. The number of methoxy groups -OCH3 is 1. The van der Waals surface area contributed by atoms with E-state index in [0.717, 1.165) is 24.0 Å². The summed E-state index contributed by atoms with van der Waals surface area (Å²) >= 11 is 0. The molecule has 1 aliphatic rings. The summed E-state index contributed by atoms with van der Waals surface area (Å²) < 4.78 is 32.5. The van der Waals surface area contributed by atoms with E-state index in [-0.39, 0.29) is 0 Å². The SMILES string of the molecule is COc1cc(C)c(S(=O)(=O)N2CCC[C@H](C)C2)c(C)c1. The van der Waals surface area contributed by atoms with Crippen molar-refractivity contribution in [3.63, 3.8) is 0 Å². The zero-order valence-electron chi connectivity index (χ0n) is 12.6. The van der Waals surface area contributed by atoms with E-state index in [4.69, 9.17) is 4.74 Å². The summed E-state index contributed by atoms with van der Waals surface area (Å²) in [5.41, 5.74) is 1.50. The number of nitrogens with zero attached hydrogens (tertiary/aromatic N) is 1. The van der Waals surface area contributed by atoms with Crippen molar-refractivity contribution in [3.8, 4) is 5.75 Å². The first-order valence-electron chi connectivity index (χ1n) is 7.01. The molecule has 0 unspecified atom stereocenters. The van der Waals surface area contributed by atoms with Crippen LogP contribution in [0.15, 0.2) is 17.0 Å². The maximum absolute atomic E-state index is 12.9. The van der Waals surface area contributed by atoms with Gasteiger partial charge in [-0.15, -0.1) is 0 Å². The summed E-state index contributed by atoms with van der Waals surface area (Å²) in [6.07, 6.45) is 2.04. The summed E-state index contributed by atoms with van der Waals surface area (Å²) in [6.45, 7) is 7.01. The molecule has 5 heteroatoms. The number of hydrogen-bond acceptors (Lipinski definition) is 3. The molecule has 112 valence electrons. The number of piperidine rings is 1. The van der Waals surface area contributed by atoms with Crippen LogP contribution in [0.2, 0.25) is 0 Å². The minimum absolute atomic E-state index is 0.428. The number of hydrogen-bond donors (Lipinski definition) is 0. The zero-order chi connectivity index (χ0) is 14.9. The van der Waals surface area contributed by atoms with Crippen LogP contribution >= 0.6 is 0 Å². The first-order chi connectivity index (χ1) is 9.36. The minimum atomic E-state index is -3.40. The van der Waals surface area contributed by atoms with Crippen molar-refractivity contribution in [1.29, 1.82) is 0 Å². The van der Waals surface area contributed by atoms with Gasteiger partial charge >= 0.3 is 0 Å². The normalized spacial score (nSPS) is 20.9. The van der Waals surface area contributed by atoms with Crippen LogP contribution in [0.5, 0.6) is 5.75 Å². The highest BCUT2D eigenvalue weighted by molar-refractivity contribution is 7.89. The zero-order valence-corrected chi connectivity index (χ0v) is 13.5. The maximum atomic E-state index is 12.9. The first kappa shape index (κ1) is 15.3. The molecule has 0 spiro atoms. The third-order valence-corrected chi connectivity index (χ3v) is 6.06. The molecule has 1 atom stereocenters. The second kappa shape index (κ2) is 5.74.